The lowest BCUT2D eigenvalue weighted by Gasteiger charge is -2.30. The van der Waals surface area contributed by atoms with Crippen molar-refractivity contribution in [2.45, 2.75) is 38.5 Å². The van der Waals surface area contributed by atoms with Crippen molar-refractivity contribution in [3.05, 3.63) is 24.3 Å². The van der Waals surface area contributed by atoms with E-state index >= 15 is 0 Å². The molecule has 1 aromatic rings. The summed E-state index contributed by atoms with van der Waals surface area (Å²) in [7, 11) is -3.44. The van der Waals surface area contributed by atoms with Crippen molar-refractivity contribution in [3.63, 3.8) is 0 Å². The zero-order valence-corrected chi connectivity index (χ0v) is 14.2. The number of anilines is 1. The second kappa shape index (κ2) is 6.79. The molecule has 1 atom stereocenters. The van der Waals surface area contributed by atoms with Gasteiger partial charge in [-0.1, -0.05) is 20.8 Å². The summed E-state index contributed by atoms with van der Waals surface area (Å²) >= 11 is 0. The number of nitrogens with one attached hydrogen (secondary N) is 1. The van der Waals surface area contributed by atoms with Gasteiger partial charge in [-0.05, 0) is 43.0 Å². The van der Waals surface area contributed by atoms with E-state index in [4.69, 9.17) is 0 Å². The third-order valence-electron chi connectivity index (χ3n) is 3.90. The van der Waals surface area contributed by atoms with Crippen molar-refractivity contribution in [1.82, 2.24) is 4.31 Å². The van der Waals surface area contributed by atoms with E-state index in [1.807, 2.05) is 13.8 Å². The maximum absolute atomic E-state index is 12.6. The molecule has 5 nitrogen and oxygen atoms in total. The first-order valence-electron chi connectivity index (χ1n) is 7.72. The van der Waals surface area contributed by atoms with Crippen molar-refractivity contribution in [3.8, 4) is 0 Å². The Kier molecular flexibility index (Phi) is 5.24. The zero-order valence-electron chi connectivity index (χ0n) is 13.4. The summed E-state index contributed by atoms with van der Waals surface area (Å²) in [6.45, 7) is 6.86. The molecular weight excluding hydrogens is 300 g/mol. The predicted octanol–water partition coefficient (Wildman–Crippen LogP) is 2.70. The lowest BCUT2D eigenvalue weighted by Crippen LogP contribution is -2.39. The van der Waals surface area contributed by atoms with Crippen molar-refractivity contribution in [2.24, 2.45) is 11.8 Å². The first-order valence-corrected chi connectivity index (χ1v) is 9.16. The first kappa shape index (κ1) is 17.0. The maximum Gasteiger partial charge on any atom is 0.243 e. The standard InChI is InChI=1S/C16H24N2O3S/c1-12(2)16(19)17-14-6-8-15(9-7-14)22(20,21)18-10-4-5-13(3)11-18/h6-9,12-13H,4-5,10-11H2,1-3H3,(H,17,19). The van der Waals surface area contributed by atoms with Crippen LogP contribution in [0.2, 0.25) is 0 Å². The van der Waals surface area contributed by atoms with E-state index < -0.39 is 10.0 Å². The van der Waals surface area contributed by atoms with Crippen LogP contribution in [0.3, 0.4) is 0 Å². The number of piperidine rings is 1. The van der Waals surface area contributed by atoms with Gasteiger partial charge in [0.2, 0.25) is 15.9 Å². The minimum absolute atomic E-state index is 0.0829. The van der Waals surface area contributed by atoms with Crippen molar-refractivity contribution < 1.29 is 13.2 Å². The number of sulfonamides is 1. The van der Waals surface area contributed by atoms with Gasteiger partial charge in [0.25, 0.3) is 0 Å². The molecule has 0 saturated carbocycles. The molecule has 22 heavy (non-hydrogen) atoms. The van der Waals surface area contributed by atoms with E-state index in [9.17, 15) is 13.2 Å². The van der Waals surface area contributed by atoms with Crippen LogP contribution in [-0.2, 0) is 14.8 Å². The van der Waals surface area contributed by atoms with Crippen molar-refractivity contribution in [1.29, 1.82) is 0 Å². The Labute approximate surface area is 132 Å². The molecule has 1 fully saturated rings. The minimum atomic E-state index is -3.44. The van der Waals surface area contributed by atoms with E-state index in [0.717, 1.165) is 12.8 Å². The molecule has 1 aromatic carbocycles. The summed E-state index contributed by atoms with van der Waals surface area (Å²) < 4.78 is 26.8. The van der Waals surface area contributed by atoms with Gasteiger partial charge in [-0.3, -0.25) is 4.79 Å². The smallest absolute Gasteiger partial charge is 0.243 e. The van der Waals surface area contributed by atoms with Crippen LogP contribution in [0.1, 0.15) is 33.6 Å². The lowest BCUT2D eigenvalue weighted by molar-refractivity contribution is -0.118. The number of benzene rings is 1. The molecule has 0 radical (unpaired) electrons. The normalized spacial score (nSPS) is 20.1. The molecule has 1 aliphatic heterocycles. The van der Waals surface area contributed by atoms with Crippen LogP contribution in [0.15, 0.2) is 29.2 Å². The van der Waals surface area contributed by atoms with Crippen LogP contribution in [0.5, 0.6) is 0 Å². The average Bonchev–Trinajstić information content (AvgIpc) is 2.47. The van der Waals surface area contributed by atoms with Gasteiger partial charge >= 0.3 is 0 Å². The van der Waals surface area contributed by atoms with E-state index in [1.54, 1.807) is 28.6 Å². The molecule has 2 rings (SSSR count). The van der Waals surface area contributed by atoms with Gasteiger partial charge in [0.05, 0.1) is 4.90 Å². The topological polar surface area (TPSA) is 66.5 Å². The predicted molar refractivity (Wildman–Crippen MR) is 87.1 cm³/mol. The highest BCUT2D eigenvalue weighted by Gasteiger charge is 2.28. The Balaban J connectivity index is 2.13. The molecule has 6 heteroatoms. The van der Waals surface area contributed by atoms with Gasteiger partial charge in [-0.25, -0.2) is 8.42 Å². The SMILES string of the molecule is CC1CCCN(S(=O)(=O)c2ccc(NC(=O)C(C)C)cc2)C1. The summed E-state index contributed by atoms with van der Waals surface area (Å²) in [6, 6.07) is 6.40. The van der Waals surface area contributed by atoms with Gasteiger partial charge in [0.1, 0.15) is 0 Å². The van der Waals surface area contributed by atoms with Crippen LogP contribution in [-0.4, -0.2) is 31.7 Å². The number of rotatable bonds is 4. The maximum atomic E-state index is 12.6. The largest absolute Gasteiger partial charge is 0.326 e. The number of hydrogen-bond acceptors (Lipinski definition) is 3. The molecular formula is C16H24N2O3S. The van der Waals surface area contributed by atoms with Crippen molar-refractivity contribution in [2.75, 3.05) is 18.4 Å². The fourth-order valence-corrected chi connectivity index (χ4v) is 4.11. The summed E-state index contributed by atoms with van der Waals surface area (Å²) in [5.74, 6) is 0.201. The highest BCUT2D eigenvalue weighted by atomic mass is 32.2. The summed E-state index contributed by atoms with van der Waals surface area (Å²) in [6.07, 6.45) is 1.98. The Morgan fingerprint density at radius 3 is 2.45 bits per heavy atom. The number of hydrogen-bond donors (Lipinski definition) is 1. The molecule has 1 aliphatic rings. The quantitative estimate of drug-likeness (QED) is 0.926. The fraction of sp³-hybridized carbons (Fsp3) is 0.562. The molecule has 1 unspecified atom stereocenters. The minimum Gasteiger partial charge on any atom is -0.326 e. The van der Waals surface area contributed by atoms with Gasteiger partial charge < -0.3 is 5.32 Å². The Morgan fingerprint density at radius 2 is 1.91 bits per heavy atom. The van der Waals surface area contributed by atoms with E-state index in [-0.39, 0.29) is 16.7 Å². The molecule has 0 spiro atoms. The van der Waals surface area contributed by atoms with Gasteiger partial charge in [-0.2, -0.15) is 4.31 Å². The summed E-state index contributed by atoms with van der Waals surface area (Å²) in [5, 5.41) is 2.76. The van der Waals surface area contributed by atoms with Gasteiger partial charge in [0, 0.05) is 24.7 Å². The number of carbonyl (C=O) groups excluding carboxylic acids is 1. The Hall–Kier alpha value is -1.40. The summed E-state index contributed by atoms with van der Waals surface area (Å²) in [5.41, 5.74) is 0.615. The Bertz CT molecular complexity index is 623. The third kappa shape index (κ3) is 3.87. The summed E-state index contributed by atoms with van der Waals surface area (Å²) in [4.78, 5) is 11.9. The third-order valence-corrected chi connectivity index (χ3v) is 5.78. The second-order valence-corrected chi connectivity index (χ2v) is 8.22. The first-order chi connectivity index (χ1) is 10.3. The fourth-order valence-electron chi connectivity index (χ4n) is 2.51. The Morgan fingerprint density at radius 1 is 1.27 bits per heavy atom. The molecule has 1 N–H and O–H groups in total. The van der Waals surface area contributed by atoms with Crippen LogP contribution in [0.25, 0.3) is 0 Å². The van der Waals surface area contributed by atoms with E-state index in [1.165, 1.54) is 0 Å². The van der Waals surface area contributed by atoms with Gasteiger partial charge in [0.15, 0.2) is 0 Å². The number of nitrogens with zero attached hydrogens (tertiary/aromatic N) is 1. The van der Waals surface area contributed by atoms with Gasteiger partial charge in [-0.15, -0.1) is 0 Å². The molecule has 0 bridgehead atoms. The van der Waals surface area contributed by atoms with E-state index in [2.05, 4.69) is 12.2 Å². The van der Waals surface area contributed by atoms with Crippen LogP contribution in [0.4, 0.5) is 5.69 Å². The monoisotopic (exact) mass is 324 g/mol. The highest BCUT2D eigenvalue weighted by molar-refractivity contribution is 7.89. The van der Waals surface area contributed by atoms with Crippen LogP contribution in [0, 0.1) is 11.8 Å². The van der Waals surface area contributed by atoms with Crippen molar-refractivity contribution >= 4 is 21.6 Å². The molecule has 1 heterocycles. The van der Waals surface area contributed by atoms with E-state index in [0.29, 0.717) is 24.7 Å². The van der Waals surface area contributed by atoms with Crippen LogP contribution < -0.4 is 5.32 Å². The lowest BCUT2D eigenvalue weighted by atomic mass is 10.0. The number of carbonyl (C=O) groups is 1. The molecule has 0 aromatic heterocycles. The average molecular weight is 324 g/mol. The molecule has 122 valence electrons. The zero-order chi connectivity index (χ0) is 16.3. The molecule has 0 aliphatic carbocycles. The second-order valence-electron chi connectivity index (χ2n) is 6.28. The number of amides is 1. The highest BCUT2D eigenvalue weighted by Crippen LogP contribution is 2.24. The molecule has 1 saturated heterocycles. The van der Waals surface area contributed by atoms with Crippen LogP contribution >= 0.6 is 0 Å². The molecule has 1 amide bonds.